The Morgan fingerprint density at radius 1 is 1.25 bits per heavy atom. The topological polar surface area (TPSA) is 17.1 Å². The summed E-state index contributed by atoms with van der Waals surface area (Å²) in [7, 11) is 0. The molecule has 0 spiro atoms. The average Bonchev–Trinajstić information content (AvgIpc) is 2.33. The van der Waals surface area contributed by atoms with Gasteiger partial charge in [0.05, 0.1) is 0 Å². The van der Waals surface area contributed by atoms with Gasteiger partial charge in [-0.05, 0) is 18.3 Å². The molecule has 2 atom stereocenters. The van der Waals surface area contributed by atoms with E-state index < -0.39 is 0 Å². The van der Waals surface area contributed by atoms with Crippen LogP contribution in [0, 0.1) is 16.2 Å². The summed E-state index contributed by atoms with van der Waals surface area (Å²) in [4.78, 5) is 11.8. The first-order valence-electron chi connectivity index (χ1n) is 4.91. The van der Waals surface area contributed by atoms with Crippen LogP contribution in [0.3, 0.4) is 0 Å². The van der Waals surface area contributed by atoms with Crippen molar-refractivity contribution in [1.82, 2.24) is 0 Å². The molecule has 0 radical (unpaired) electrons. The number of hydrogen-bond donors (Lipinski definition) is 0. The van der Waals surface area contributed by atoms with E-state index in [4.69, 9.17) is 0 Å². The second-order valence-corrected chi connectivity index (χ2v) is 5.67. The number of Topliss-reactive ketones (excluding diaryl/α,β-unsaturated/α-hetero) is 1. The number of hydrogen-bond acceptors (Lipinski definition) is 1. The molecule has 2 unspecified atom stereocenters. The monoisotopic (exact) mass is 166 g/mol. The van der Waals surface area contributed by atoms with Crippen LogP contribution in [0.15, 0.2) is 0 Å². The van der Waals surface area contributed by atoms with E-state index in [0.717, 1.165) is 12.8 Å². The number of carbonyl (C=O) groups excluding carboxylic acids is 1. The lowest BCUT2D eigenvalue weighted by atomic mass is 9.73. The molecule has 0 heterocycles. The fourth-order valence-electron chi connectivity index (χ4n) is 3.58. The van der Waals surface area contributed by atoms with Gasteiger partial charge >= 0.3 is 0 Å². The van der Waals surface area contributed by atoms with Crippen molar-refractivity contribution in [3.63, 3.8) is 0 Å². The van der Waals surface area contributed by atoms with Crippen LogP contribution >= 0.6 is 0 Å². The molecule has 2 aliphatic carbocycles. The van der Waals surface area contributed by atoms with Crippen molar-refractivity contribution in [2.75, 3.05) is 0 Å². The Labute approximate surface area is 74.5 Å². The largest absolute Gasteiger partial charge is 0.298 e. The minimum Gasteiger partial charge on any atom is -0.298 e. The second kappa shape index (κ2) is 1.78. The van der Waals surface area contributed by atoms with Gasteiger partial charge < -0.3 is 0 Å². The molecule has 0 saturated heterocycles. The Bertz CT molecular complexity index is 248. The van der Waals surface area contributed by atoms with Crippen LogP contribution in [0.5, 0.6) is 0 Å². The van der Waals surface area contributed by atoms with E-state index in [2.05, 4.69) is 27.7 Å². The molecular weight excluding hydrogens is 148 g/mol. The molecule has 2 aliphatic rings. The van der Waals surface area contributed by atoms with Crippen LogP contribution in [-0.4, -0.2) is 5.78 Å². The molecular formula is C11H18O. The lowest BCUT2D eigenvalue weighted by molar-refractivity contribution is -0.116. The molecule has 2 saturated carbocycles. The maximum Gasteiger partial charge on any atom is 0.147 e. The van der Waals surface area contributed by atoms with Crippen molar-refractivity contribution in [3.8, 4) is 0 Å². The van der Waals surface area contributed by atoms with E-state index >= 15 is 0 Å². The Balaban J connectivity index is 2.42. The first kappa shape index (κ1) is 8.28. The molecule has 2 fully saturated rings. The van der Waals surface area contributed by atoms with Gasteiger partial charge in [0, 0.05) is 10.8 Å². The highest BCUT2D eigenvalue weighted by molar-refractivity contribution is 6.09. The maximum absolute atomic E-state index is 11.8. The summed E-state index contributed by atoms with van der Waals surface area (Å²) in [6.45, 7) is 8.79. The van der Waals surface area contributed by atoms with E-state index in [9.17, 15) is 4.79 Å². The van der Waals surface area contributed by atoms with Crippen molar-refractivity contribution in [3.05, 3.63) is 0 Å². The first-order valence-corrected chi connectivity index (χ1v) is 4.91. The SMILES string of the molecule is CC(C)(C)C12CCCC1(C)C2=O. The third-order valence-electron chi connectivity index (χ3n) is 4.28. The Hall–Kier alpha value is -0.330. The molecule has 0 bridgehead atoms. The lowest BCUT2D eigenvalue weighted by Crippen LogP contribution is -2.25. The zero-order valence-electron chi connectivity index (χ0n) is 8.53. The Morgan fingerprint density at radius 3 is 2.08 bits per heavy atom. The van der Waals surface area contributed by atoms with Gasteiger partial charge in [0.25, 0.3) is 0 Å². The van der Waals surface area contributed by atoms with E-state index in [1.165, 1.54) is 6.42 Å². The van der Waals surface area contributed by atoms with Gasteiger partial charge in [0.1, 0.15) is 5.78 Å². The highest BCUT2D eigenvalue weighted by Gasteiger charge is 2.79. The van der Waals surface area contributed by atoms with E-state index in [0.29, 0.717) is 5.78 Å². The van der Waals surface area contributed by atoms with Crippen LogP contribution in [0.2, 0.25) is 0 Å². The van der Waals surface area contributed by atoms with Gasteiger partial charge in [-0.2, -0.15) is 0 Å². The summed E-state index contributed by atoms with van der Waals surface area (Å²) in [5.41, 5.74) is 0.292. The van der Waals surface area contributed by atoms with Gasteiger partial charge in [-0.1, -0.05) is 34.1 Å². The van der Waals surface area contributed by atoms with Gasteiger partial charge in [0.15, 0.2) is 0 Å². The van der Waals surface area contributed by atoms with Crippen LogP contribution in [0.4, 0.5) is 0 Å². The first-order chi connectivity index (χ1) is 5.36. The minimum atomic E-state index is 0.0556. The number of rotatable bonds is 0. The molecule has 0 aromatic rings. The maximum atomic E-state index is 11.8. The molecule has 68 valence electrons. The fraction of sp³-hybridized carbons (Fsp3) is 0.909. The van der Waals surface area contributed by atoms with Gasteiger partial charge in [0.2, 0.25) is 0 Å². The fourth-order valence-corrected chi connectivity index (χ4v) is 3.58. The molecule has 0 aromatic heterocycles. The standard InChI is InChI=1S/C11H18O/c1-9(2,3)11-7-5-6-10(11,4)8(11)12/h5-7H2,1-4H3. The summed E-state index contributed by atoms with van der Waals surface area (Å²) >= 11 is 0. The predicted octanol–water partition coefficient (Wildman–Crippen LogP) is 2.79. The Kier molecular flexibility index (Phi) is 1.23. The molecule has 0 N–H and O–H groups in total. The van der Waals surface area contributed by atoms with Gasteiger partial charge in [-0.15, -0.1) is 0 Å². The lowest BCUT2D eigenvalue weighted by Gasteiger charge is -2.28. The third-order valence-corrected chi connectivity index (χ3v) is 4.28. The third kappa shape index (κ3) is 0.571. The van der Waals surface area contributed by atoms with E-state index in [1.54, 1.807) is 0 Å². The Morgan fingerprint density at radius 2 is 1.83 bits per heavy atom. The molecule has 1 heteroatoms. The van der Waals surface area contributed by atoms with Crippen molar-refractivity contribution in [1.29, 1.82) is 0 Å². The van der Waals surface area contributed by atoms with Gasteiger partial charge in [-0.25, -0.2) is 0 Å². The molecule has 1 nitrogen and oxygen atoms in total. The number of carbonyl (C=O) groups is 1. The molecule has 0 aromatic carbocycles. The summed E-state index contributed by atoms with van der Waals surface area (Å²) in [5, 5.41) is 0. The van der Waals surface area contributed by atoms with Crippen LogP contribution in [0.1, 0.15) is 47.0 Å². The highest BCUT2D eigenvalue weighted by Crippen LogP contribution is 2.76. The van der Waals surface area contributed by atoms with Crippen LogP contribution < -0.4 is 0 Å². The van der Waals surface area contributed by atoms with Crippen molar-refractivity contribution in [2.24, 2.45) is 16.2 Å². The minimum absolute atomic E-state index is 0.0556. The molecule has 12 heavy (non-hydrogen) atoms. The predicted molar refractivity (Wildman–Crippen MR) is 48.9 cm³/mol. The smallest absolute Gasteiger partial charge is 0.147 e. The zero-order chi connectivity index (χ0) is 9.20. The van der Waals surface area contributed by atoms with Crippen molar-refractivity contribution >= 4 is 5.78 Å². The molecule has 0 amide bonds. The highest BCUT2D eigenvalue weighted by atomic mass is 16.1. The summed E-state index contributed by atoms with van der Waals surface area (Å²) < 4.78 is 0. The van der Waals surface area contributed by atoms with Crippen LogP contribution in [0.25, 0.3) is 0 Å². The molecule has 0 aliphatic heterocycles. The van der Waals surface area contributed by atoms with Crippen molar-refractivity contribution < 1.29 is 4.79 Å². The van der Waals surface area contributed by atoms with Gasteiger partial charge in [-0.3, -0.25) is 4.79 Å². The van der Waals surface area contributed by atoms with E-state index in [-0.39, 0.29) is 16.2 Å². The number of fused-ring (bicyclic) bond motifs is 1. The average molecular weight is 166 g/mol. The molecule has 2 rings (SSSR count). The second-order valence-electron chi connectivity index (χ2n) is 5.67. The summed E-state index contributed by atoms with van der Waals surface area (Å²) in [6, 6.07) is 0. The number of ketones is 1. The van der Waals surface area contributed by atoms with E-state index in [1.807, 2.05) is 0 Å². The van der Waals surface area contributed by atoms with Crippen molar-refractivity contribution in [2.45, 2.75) is 47.0 Å². The normalized spacial score (nSPS) is 46.2. The summed E-state index contributed by atoms with van der Waals surface area (Å²) in [5.74, 6) is 0.536. The van der Waals surface area contributed by atoms with Crippen LogP contribution in [-0.2, 0) is 4.79 Å². The quantitative estimate of drug-likeness (QED) is 0.541. The summed E-state index contributed by atoms with van der Waals surface area (Å²) in [6.07, 6.45) is 3.51. The zero-order valence-corrected chi connectivity index (χ0v) is 8.53.